The summed E-state index contributed by atoms with van der Waals surface area (Å²) < 4.78 is 0. The Labute approximate surface area is 90.6 Å². The molecule has 2 heterocycles. The lowest BCUT2D eigenvalue weighted by Gasteiger charge is -2.38. The van der Waals surface area contributed by atoms with Crippen LogP contribution < -0.4 is 5.32 Å². The monoisotopic (exact) mass is 212 g/mol. The molecule has 0 radical (unpaired) electrons. The minimum atomic E-state index is -0.649. The van der Waals surface area contributed by atoms with Gasteiger partial charge < -0.3 is 10.4 Å². The number of carboxylic acid groups (broad SMARTS) is 1. The molecule has 0 bridgehead atoms. The van der Waals surface area contributed by atoms with Gasteiger partial charge in [-0.3, -0.25) is 9.69 Å². The largest absolute Gasteiger partial charge is 0.481 e. The first kappa shape index (κ1) is 10.9. The van der Waals surface area contributed by atoms with Gasteiger partial charge in [-0.15, -0.1) is 0 Å². The molecule has 4 heteroatoms. The molecule has 2 rings (SSSR count). The normalized spacial score (nSPS) is 33.9. The Hall–Kier alpha value is -0.610. The van der Waals surface area contributed by atoms with Gasteiger partial charge in [-0.1, -0.05) is 6.42 Å². The average Bonchev–Trinajstić information content (AvgIpc) is 2.30. The summed E-state index contributed by atoms with van der Waals surface area (Å²) in [5.41, 5.74) is 0. The van der Waals surface area contributed by atoms with Crippen molar-refractivity contribution in [3.8, 4) is 0 Å². The maximum absolute atomic E-state index is 10.9. The smallest absolute Gasteiger partial charge is 0.307 e. The molecule has 0 saturated carbocycles. The van der Waals surface area contributed by atoms with Crippen LogP contribution in [-0.2, 0) is 4.79 Å². The highest BCUT2D eigenvalue weighted by Crippen LogP contribution is 2.20. The fourth-order valence-electron chi connectivity index (χ4n) is 2.67. The molecule has 2 saturated heterocycles. The van der Waals surface area contributed by atoms with E-state index in [2.05, 4.69) is 10.2 Å². The van der Waals surface area contributed by atoms with Crippen LogP contribution >= 0.6 is 0 Å². The molecule has 15 heavy (non-hydrogen) atoms. The molecule has 0 amide bonds. The van der Waals surface area contributed by atoms with Crippen LogP contribution in [0.15, 0.2) is 0 Å². The van der Waals surface area contributed by atoms with Gasteiger partial charge in [-0.05, 0) is 32.4 Å². The molecule has 2 atom stereocenters. The number of rotatable bonds is 2. The summed E-state index contributed by atoms with van der Waals surface area (Å²) in [4.78, 5) is 13.4. The van der Waals surface area contributed by atoms with E-state index in [-0.39, 0.29) is 5.92 Å². The maximum atomic E-state index is 10.9. The van der Waals surface area contributed by atoms with E-state index in [0.717, 1.165) is 26.1 Å². The number of hydrogen-bond acceptors (Lipinski definition) is 3. The van der Waals surface area contributed by atoms with Crippen molar-refractivity contribution in [3.63, 3.8) is 0 Å². The van der Waals surface area contributed by atoms with E-state index in [1.165, 1.54) is 19.3 Å². The summed E-state index contributed by atoms with van der Waals surface area (Å²) in [6, 6.07) is 0.445. The van der Waals surface area contributed by atoms with E-state index in [0.29, 0.717) is 12.6 Å². The molecule has 0 spiro atoms. The third-order valence-corrected chi connectivity index (χ3v) is 3.58. The Bertz CT molecular complexity index is 227. The quantitative estimate of drug-likeness (QED) is 0.701. The summed E-state index contributed by atoms with van der Waals surface area (Å²) in [5, 5.41) is 12.2. The molecule has 2 aliphatic rings. The maximum Gasteiger partial charge on any atom is 0.307 e. The second-order valence-corrected chi connectivity index (χ2v) is 4.68. The van der Waals surface area contributed by atoms with Crippen molar-refractivity contribution in [2.24, 2.45) is 5.92 Å². The van der Waals surface area contributed by atoms with Gasteiger partial charge in [-0.2, -0.15) is 0 Å². The van der Waals surface area contributed by atoms with Crippen molar-refractivity contribution in [1.29, 1.82) is 0 Å². The van der Waals surface area contributed by atoms with E-state index < -0.39 is 5.97 Å². The molecule has 0 unspecified atom stereocenters. The molecule has 0 aromatic carbocycles. The number of hydrogen-bond donors (Lipinski definition) is 2. The van der Waals surface area contributed by atoms with Gasteiger partial charge in [0.05, 0.1) is 5.92 Å². The Kier molecular flexibility index (Phi) is 3.59. The van der Waals surface area contributed by atoms with Crippen molar-refractivity contribution in [2.75, 3.05) is 26.2 Å². The summed E-state index contributed by atoms with van der Waals surface area (Å²) in [6.45, 7) is 3.90. The van der Waals surface area contributed by atoms with Crippen LogP contribution in [0.25, 0.3) is 0 Å². The van der Waals surface area contributed by atoms with Crippen molar-refractivity contribution < 1.29 is 9.90 Å². The summed E-state index contributed by atoms with van der Waals surface area (Å²) in [6.07, 6.45) is 4.70. The topological polar surface area (TPSA) is 52.6 Å². The van der Waals surface area contributed by atoms with Gasteiger partial charge in [0.1, 0.15) is 0 Å². The highest BCUT2D eigenvalue weighted by atomic mass is 16.4. The van der Waals surface area contributed by atoms with Gasteiger partial charge in [0, 0.05) is 19.1 Å². The fraction of sp³-hybridized carbons (Fsp3) is 0.909. The molecule has 2 aliphatic heterocycles. The Morgan fingerprint density at radius 3 is 2.60 bits per heavy atom. The lowest BCUT2D eigenvalue weighted by atomic mass is 9.93. The third kappa shape index (κ3) is 2.69. The summed E-state index contributed by atoms with van der Waals surface area (Å²) >= 11 is 0. The zero-order chi connectivity index (χ0) is 10.7. The Morgan fingerprint density at radius 1 is 1.20 bits per heavy atom. The van der Waals surface area contributed by atoms with Crippen LogP contribution in [-0.4, -0.2) is 48.2 Å². The van der Waals surface area contributed by atoms with Gasteiger partial charge in [0.2, 0.25) is 0 Å². The highest BCUT2D eigenvalue weighted by Gasteiger charge is 2.30. The number of likely N-dealkylation sites (tertiary alicyclic amines) is 1. The number of nitrogens with one attached hydrogen (secondary N) is 1. The van der Waals surface area contributed by atoms with Crippen LogP contribution in [0.3, 0.4) is 0 Å². The molecule has 86 valence electrons. The lowest BCUT2D eigenvalue weighted by Crippen LogP contribution is -2.51. The molecule has 0 aromatic heterocycles. The molecule has 4 nitrogen and oxygen atoms in total. The predicted molar refractivity (Wildman–Crippen MR) is 57.8 cm³/mol. The first-order valence-electron chi connectivity index (χ1n) is 5.95. The molecule has 0 aliphatic carbocycles. The van der Waals surface area contributed by atoms with Crippen molar-refractivity contribution in [3.05, 3.63) is 0 Å². The fourth-order valence-corrected chi connectivity index (χ4v) is 2.67. The van der Waals surface area contributed by atoms with E-state index in [4.69, 9.17) is 5.11 Å². The number of nitrogens with zero attached hydrogens (tertiary/aromatic N) is 1. The van der Waals surface area contributed by atoms with Gasteiger partial charge in [0.25, 0.3) is 0 Å². The predicted octanol–water partition coefficient (Wildman–Crippen LogP) is 0.535. The van der Waals surface area contributed by atoms with Crippen LogP contribution in [0, 0.1) is 5.92 Å². The Morgan fingerprint density at radius 2 is 1.93 bits per heavy atom. The van der Waals surface area contributed by atoms with Gasteiger partial charge in [0.15, 0.2) is 0 Å². The highest BCUT2D eigenvalue weighted by molar-refractivity contribution is 5.70. The summed E-state index contributed by atoms with van der Waals surface area (Å²) in [5.74, 6) is -0.838. The minimum absolute atomic E-state index is 0.189. The number of aliphatic carboxylic acids is 1. The van der Waals surface area contributed by atoms with E-state index in [1.807, 2.05) is 0 Å². The molecular weight excluding hydrogens is 192 g/mol. The first-order valence-corrected chi connectivity index (χ1v) is 5.95. The zero-order valence-corrected chi connectivity index (χ0v) is 9.11. The van der Waals surface area contributed by atoms with E-state index in [9.17, 15) is 4.79 Å². The molecule has 2 fully saturated rings. The van der Waals surface area contributed by atoms with Crippen molar-refractivity contribution >= 4 is 5.97 Å². The average molecular weight is 212 g/mol. The molecule has 2 N–H and O–H groups in total. The van der Waals surface area contributed by atoms with Crippen molar-refractivity contribution in [2.45, 2.75) is 31.7 Å². The molecular formula is C11H20N2O2. The minimum Gasteiger partial charge on any atom is -0.481 e. The number of carbonyl (C=O) groups is 1. The van der Waals surface area contributed by atoms with Crippen molar-refractivity contribution in [1.82, 2.24) is 10.2 Å². The van der Waals surface area contributed by atoms with Crippen LogP contribution in [0.1, 0.15) is 25.7 Å². The first-order chi connectivity index (χ1) is 7.27. The van der Waals surface area contributed by atoms with Crippen LogP contribution in [0.5, 0.6) is 0 Å². The lowest BCUT2D eigenvalue weighted by molar-refractivity contribution is -0.143. The number of piperidine rings is 2. The molecule has 0 aromatic rings. The van der Waals surface area contributed by atoms with Gasteiger partial charge in [-0.25, -0.2) is 0 Å². The standard InChI is InChI=1S/C11H20N2O2/c14-11(15)9-6-10(8-12-7-9)13-4-2-1-3-5-13/h9-10,12H,1-8H2,(H,14,15)/t9-,10+/m0/s1. The SMILES string of the molecule is O=C(O)[C@@H]1CNC[C@H](N2CCCCC2)C1. The third-order valence-electron chi connectivity index (χ3n) is 3.58. The second-order valence-electron chi connectivity index (χ2n) is 4.68. The van der Waals surface area contributed by atoms with E-state index >= 15 is 0 Å². The summed E-state index contributed by atoms with van der Waals surface area (Å²) in [7, 11) is 0. The van der Waals surface area contributed by atoms with Crippen LogP contribution in [0.4, 0.5) is 0 Å². The second kappa shape index (κ2) is 4.94. The van der Waals surface area contributed by atoms with Crippen LogP contribution in [0.2, 0.25) is 0 Å². The Balaban J connectivity index is 1.88. The van der Waals surface area contributed by atoms with Gasteiger partial charge >= 0.3 is 5.97 Å². The number of carboxylic acids is 1. The zero-order valence-electron chi connectivity index (χ0n) is 9.11. The van der Waals surface area contributed by atoms with E-state index in [1.54, 1.807) is 0 Å².